The second-order valence-electron chi connectivity index (χ2n) is 10.4. The average Bonchev–Trinajstić information content (AvgIpc) is 3.73. The van der Waals surface area contributed by atoms with Crippen LogP contribution in [0.1, 0.15) is 43.4 Å². The molecule has 4 rings (SSSR count). The molecule has 4 unspecified atom stereocenters. The fourth-order valence-electron chi connectivity index (χ4n) is 5.25. The van der Waals surface area contributed by atoms with Gasteiger partial charge in [-0.2, -0.15) is 0 Å². The number of aromatic amines is 2. The van der Waals surface area contributed by atoms with Crippen molar-refractivity contribution in [1.82, 2.24) is 30.5 Å². The lowest BCUT2D eigenvalue weighted by Crippen LogP contribution is -2.57. The predicted molar refractivity (Wildman–Crippen MR) is 151 cm³/mol. The topological polar surface area (TPSA) is 212 Å². The summed E-state index contributed by atoms with van der Waals surface area (Å²) in [6, 6.07) is 3.81. The maximum Gasteiger partial charge on any atom is 0.326 e. The largest absolute Gasteiger partial charge is 0.480 e. The third kappa shape index (κ3) is 7.50. The Kier molecular flexibility index (Phi) is 10.1. The molecule has 1 saturated heterocycles. The molecular formula is C28H38N8O5. The zero-order chi connectivity index (χ0) is 29.4. The molecular weight excluding hydrogens is 528 g/mol. The number of carboxylic acid groups (broad SMARTS) is 1. The highest BCUT2D eigenvalue weighted by Crippen LogP contribution is 2.20. The molecule has 0 saturated carbocycles. The number of rotatable bonds is 14. The molecule has 3 amide bonds. The minimum Gasteiger partial charge on any atom is -0.480 e. The summed E-state index contributed by atoms with van der Waals surface area (Å²) in [5, 5.41) is 16.1. The molecule has 220 valence electrons. The molecule has 0 spiro atoms. The van der Waals surface area contributed by atoms with Crippen LogP contribution < -0.4 is 22.1 Å². The van der Waals surface area contributed by atoms with Crippen LogP contribution in [-0.4, -0.2) is 85.9 Å². The molecule has 0 bridgehead atoms. The number of carboxylic acids is 1. The number of hydrogen-bond donors (Lipinski definition) is 7. The van der Waals surface area contributed by atoms with Crippen molar-refractivity contribution in [2.75, 3.05) is 13.1 Å². The molecule has 1 fully saturated rings. The molecule has 0 aliphatic carbocycles. The maximum absolute atomic E-state index is 13.5. The molecule has 13 heteroatoms. The number of aromatic nitrogens is 3. The van der Waals surface area contributed by atoms with Gasteiger partial charge in [0.15, 0.2) is 0 Å². The predicted octanol–water partition coefficient (Wildman–Crippen LogP) is 0.178. The summed E-state index contributed by atoms with van der Waals surface area (Å²) in [6.45, 7) is 0.708. The van der Waals surface area contributed by atoms with Gasteiger partial charge in [0.2, 0.25) is 17.7 Å². The van der Waals surface area contributed by atoms with E-state index < -0.39 is 47.9 Å². The SMILES string of the molecule is NCCCCC(NC(=O)C(N)Cc1c[nH]c2ccccc12)C(=O)NC(Cc1cnc[nH]1)C(=O)N1CCCC1C(=O)O. The number of amides is 3. The second kappa shape index (κ2) is 13.9. The highest BCUT2D eigenvalue weighted by atomic mass is 16.4. The number of benzene rings is 1. The number of likely N-dealkylation sites (tertiary alicyclic amines) is 1. The van der Waals surface area contributed by atoms with Crippen molar-refractivity contribution in [2.24, 2.45) is 11.5 Å². The first-order valence-electron chi connectivity index (χ1n) is 13.9. The normalized spacial score (nSPS) is 17.2. The van der Waals surface area contributed by atoms with Crippen LogP contribution in [0.5, 0.6) is 0 Å². The van der Waals surface area contributed by atoms with E-state index in [0.29, 0.717) is 44.3 Å². The monoisotopic (exact) mass is 566 g/mol. The number of carbonyl (C=O) groups is 4. The Labute approximate surface area is 237 Å². The summed E-state index contributed by atoms with van der Waals surface area (Å²) < 4.78 is 0. The van der Waals surface area contributed by atoms with Crippen molar-refractivity contribution >= 4 is 34.6 Å². The number of carbonyl (C=O) groups excluding carboxylic acids is 3. The number of imidazole rings is 1. The lowest BCUT2D eigenvalue weighted by atomic mass is 10.0. The minimum atomic E-state index is -1.08. The highest BCUT2D eigenvalue weighted by Gasteiger charge is 2.38. The van der Waals surface area contributed by atoms with E-state index in [1.165, 1.54) is 17.4 Å². The summed E-state index contributed by atoms with van der Waals surface area (Å²) >= 11 is 0. The van der Waals surface area contributed by atoms with Crippen LogP contribution in [0, 0.1) is 0 Å². The van der Waals surface area contributed by atoms with Gasteiger partial charge in [0.05, 0.1) is 12.4 Å². The summed E-state index contributed by atoms with van der Waals surface area (Å²) in [4.78, 5) is 63.3. The summed E-state index contributed by atoms with van der Waals surface area (Å²) in [5.41, 5.74) is 14.3. The van der Waals surface area contributed by atoms with Gasteiger partial charge in [0.1, 0.15) is 18.1 Å². The van der Waals surface area contributed by atoms with E-state index in [-0.39, 0.29) is 19.4 Å². The summed E-state index contributed by atoms with van der Waals surface area (Å²) in [5.74, 6) is -2.64. The number of H-pyrrole nitrogens is 2. The molecule has 1 aliphatic heterocycles. The van der Waals surface area contributed by atoms with Gasteiger partial charge in [-0.3, -0.25) is 14.4 Å². The van der Waals surface area contributed by atoms with Gasteiger partial charge in [-0.25, -0.2) is 9.78 Å². The van der Waals surface area contributed by atoms with Crippen LogP contribution in [-0.2, 0) is 32.0 Å². The van der Waals surface area contributed by atoms with Crippen LogP contribution in [0.15, 0.2) is 43.0 Å². The van der Waals surface area contributed by atoms with Gasteiger partial charge in [-0.05, 0) is 56.7 Å². The first-order valence-corrected chi connectivity index (χ1v) is 13.9. The molecule has 2 aromatic heterocycles. The van der Waals surface area contributed by atoms with Crippen LogP contribution in [0.4, 0.5) is 0 Å². The standard InChI is InChI=1S/C28H38N8O5/c29-10-4-3-8-22(34-25(37)20(30)12-17-14-32-21-7-2-1-6-19(17)21)26(38)35-23(13-18-15-31-16-33-18)27(39)36-11-5-9-24(36)28(40)41/h1-2,6-7,14-16,20,22-24,32H,3-5,8-13,29-30H2,(H,31,33)(H,34,37)(H,35,38)(H,40,41). The number of nitrogens with two attached hydrogens (primary N) is 2. The van der Waals surface area contributed by atoms with Gasteiger partial charge in [-0.15, -0.1) is 0 Å². The van der Waals surface area contributed by atoms with E-state index in [4.69, 9.17) is 11.5 Å². The van der Waals surface area contributed by atoms with Crippen molar-refractivity contribution in [3.63, 3.8) is 0 Å². The Hall–Kier alpha value is -4.23. The van der Waals surface area contributed by atoms with Crippen LogP contribution in [0.2, 0.25) is 0 Å². The smallest absolute Gasteiger partial charge is 0.326 e. The summed E-state index contributed by atoms with van der Waals surface area (Å²) in [6.07, 6.45) is 7.56. The molecule has 1 aromatic carbocycles. The average molecular weight is 567 g/mol. The molecule has 9 N–H and O–H groups in total. The molecule has 1 aliphatic rings. The van der Waals surface area contributed by atoms with E-state index in [9.17, 15) is 24.3 Å². The Morgan fingerprint density at radius 2 is 1.85 bits per heavy atom. The number of nitrogens with one attached hydrogen (secondary N) is 4. The van der Waals surface area contributed by atoms with Crippen LogP contribution >= 0.6 is 0 Å². The van der Waals surface area contributed by atoms with E-state index in [2.05, 4.69) is 25.6 Å². The van der Waals surface area contributed by atoms with Gasteiger partial charge in [0, 0.05) is 42.0 Å². The Morgan fingerprint density at radius 3 is 2.59 bits per heavy atom. The van der Waals surface area contributed by atoms with E-state index in [0.717, 1.165) is 16.5 Å². The second-order valence-corrected chi connectivity index (χ2v) is 10.4. The zero-order valence-corrected chi connectivity index (χ0v) is 22.8. The van der Waals surface area contributed by atoms with Gasteiger partial charge >= 0.3 is 5.97 Å². The molecule has 3 heterocycles. The maximum atomic E-state index is 13.5. The lowest BCUT2D eigenvalue weighted by Gasteiger charge is -2.29. The van der Waals surface area contributed by atoms with E-state index in [1.807, 2.05) is 30.5 Å². The van der Waals surface area contributed by atoms with Crippen molar-refractivity contribution in [2.45, 2.75) is 69.1 Å². The fraction of sp³-hybridized carbons (Fsp3) is 0.464. The lowest BCUT2D eigenvalue weighted by molar-refractivity contribution is -0.149. The molecule has 0 radical (unpaired) electrons. The Morgan fingerprint density at radius 1 is 1.07 bits per heavy atom. The number of fused-ring (bicyclic) bond motifs is 1. The third-order valence-corrected chi connectivity index (χ3v) is 7.45. The van der Waals surface area contributed by atoms with Gasteiger partial charge in [-0.1, -0.05) is 18.2 Å². The first-order chi connectivity index (χ1) is 19.8. The number of unbranched alkanes of at least 4 members (excludes halogenated alkanes) is 1. The Bertz CT molecular complexity index is 1340. The van der Waals surface area contributed by atoms with Gasteiger partial charge in [0.25, 0.3) is 0 Å². The minimum absolute atomic E-state index is 0.0803. The molecule has 41 heavy (non-hydrogen) atoms. The number of aliphatic carboxylic acids is 1. The first kappa shape index (κ1) is 29.7. The number of para-hydroxylation sites is 1. The van der Waals surface area contributed by atoms with Crippen molar-refractivity contribution < 1.29 is 24.3 Å². The third-order valence-electron chi connectivity index (χ3n) is 7.45. The summed E-state index contributed by atoms with van der Waals surface area (Å²) in [7, 11) is 0. The van der Waals surface area contributed by atoms with Gasteiger partial charge < -0.3 is 42.1 Å². The molecule has 13 nitrogen and oxygen atoms in total. The fourth-order valence-corrected chi connectivity index (χ4v) is 5.25. The number of hydrogen-bond acceptors (Lipinski definition) is 7. The molecule has 3 aromatic rings. The zero-order valence-electron chi connectivity index (χ0n) is 22.8. The number of nitrogens with zero attached hydrogens (tertiary/aromatic N) is 2. The van der Waals surface area contributed by atoms with Crippen LogP contribution in [0.3, 0.4) is 0 Å². The van der Waals surface area contributed by atoms with Crippen molar-refractivity contribution in [3.05, 3.63) is 54.2 Å². The van der Waals surface area contributed by atoms with Crippen LogP contribution in [0.25, 0.3) is 10.9 Å². The van der Waals surface area contributed by atoms with Crippen molar-refractivity contribution in [1.29, 1.82) is 0 Å². The highest BCUT2D eigenvalue weighted by molar-refractivity contribution is 5.94. The van der Waals surface area contributed by atoms with Crippen molar-refractivity contribution in [3.8, 4) is 0 Å². The van der Waals surface area contributed by atoms with E-state index in [1.54, 1.807) is 0 Å². The van der Waals surface area contributed by atoms with E-state index >= 15 is 0 Å². The molecule has 4 atom stereocenters. The quantitative estimate of drug-likeness (QED) is 0.133. The Balaban J connectivity index is 1.47.